The normalized spacial score (nSPS) is 25.5. The molecule has 2 fully saturated rings. The number of sulfone groups is 1. The molecule has 0 radical (unpaired) electrons. The van der Waals surface area contributed by atoms with Crippen LogP contribution in [0.4, 0.5) is 0 Å². The van der Waals surface area contributed by atoms with E-state index in [-0.39, 0.29) is 48.6 Å². The SMILES string of the molecule is CC1CN(Cc2ccc(C(=O)NC(C)C(=O)N3CCS(=O)(=O)CC3)cc2)CC(C)O1. The number of hydrogen-bond donors (Lipinski definition) is 1. The number of carbonyl (C=O) groups excluding carboxylic acids is 2. The van der Waals surface area contributed by atoms with Crippen LogP contribution < -0.4 is 5.32 Å². The number of hydrogen-bond acceptors (Lipinski definition) is 6. The zero-order valence-electron chi connectivity index (χ0n) is 17.8. The van der Waals surface area contributed by atoms with Gasteiger partial charge >= 0.3 is 0 Å². The smallest absolute Gasteiger partial charge is 0.251 e. The van der Waals surface area contributed by atoms with Crippen molar-refractivity contribution in [2.45, 2.75) is 45.6 Å². The molecule has 2 amide bonds. The predicted octanol–water partition coefficient (Wildman–Crippen LogP) is 0.671. The van der Waals surface area contributed by atoms with Gasteiger partial charge in [-0.1, -0.05) is 12.1 Å². The molecule has 0 aromatic heterocycles. The summed E-state index contributed by atoms with van der Waals surface area (Å²) in [5.41, 5.74) is 1.61. The molecule has 2 aliphatic heterocycles. The van der Waals surface area contributed by atoms with Crippen molar-refractivity contribution in [3.63, 3.8) is 0 Å². The third-order valence-electron chi connectivity index (χ3n) is 5.49. The molecule has 166 valence electrons. The van der Waals surface area contributed by atoms with E-state index in [1.165, 1.54) is 4.90 Å². The largest absolute Gasteiger partial charge is 0.373 e. The maximum atomic E-state index is 12.5. The minimum absolute atomic E-state index is 0.0262. The van der Waals surface area contributed by atoms with Gasteiger partial charge in [-0.2, -0.15) is 0 Å². The highest BCUT2D eigenvalue weighted by atomic mass is 32.2. The molecular formula is C21H31N3O5S. The van der Waals surface area contributed by atoms with Gasteiger partial charge in [-0.3, -0.25) is 14.5 Å². The average molecular weight is 438 g/mol. The Hall–Kier alpha value is -1.97. The zero-order chi connectivity index (χ0) is 21.9. The van der Waals surface area contributed by atoms with Gasteiger partial charge in [0.15, 0.2) is 9.84 Å². The van der Waals surface area contributed by atoms with E-state index in [9.17, 15) is 18.0 Å². The molecule has 8 nitrogen and oxygen atoms in total. The highest BCUT2D eigenvalue weighted by Gasteiger charge is 2.28. The van der Waals surface area contributed by atoms with Crippen LogP contribution in [0.5, 0.6) is 0 Å². The number of amides is 2. The Morgan fingerprint density at radius 3 is 2.23 bits per heavy atom. The minimum atomic E-state index is -3.05. The fourth-order valence-electron chi connectivity index (χ4n) is 3.98. The second-order valence-corrected chi connectivity index (χ2v) is 10.6. The zero-order valence-corrected chi connectivity index (χ0v) is 18.7. The summed E-state index contributed by atoms with van der Waals surface area (Å²) in [6.45, 7) is 8.67. The van der Waals surface area contributed by atoms with E-state index in [4.69, 9.17) is 4.74 Å². The van der Waals surface area contributed by atoms with Crippen molar-refractivity contribution in [2.75, 3.05) is 37.7 Å². The molecule has 1 aromatic carbocycles. The average Bonchev–Trinajstić information content (AvgIpc) is 2.67. The number of benzene rings is 1. The van der Waals surface area contributed by atoms with E-state index in [2.05, 4.69) is 24.1 Å². The van der Waals surface area contributed by atoms with Gasteiger partial charge < -0.3 is 15.0 Å². The lowest BCUT2D eigenvalue weighted by molar-refractivity contribution is -0.132. The molecule has 0 bridgehead atoms. The summed E-state index contributed by atoms with van der Waals surface area (Å²) in [6.07, 6.45) is 0.413. The van der Waals surface area contributed by atoms with Gasteiger partial charge in [-0.25, -0.2) is 8.42 Å². The molecular weight excluding hydrogens is 406 g/mol. The number of morpholine rings is 1. The second kappa shape index (κ2) is 9.45. The summed E-state index contributed by atoms with van der Waals surface area (Å²) in [5, 5.41) is 2.72. The van der Waals surface area contributed by atoms with Crippen molar-refractivity contribution in [1.82, 2.24) is 15.1 Å². The molecule has 3 unspecified atom stereocenters. The van der Waals surface area contributed by atoms with E-state index in [1.54, 1.807) is 19.1 Å². The van der Waals surface area contributed by atoms with Crippen LogP contribution in [0.25, 0.3) is 0 Å². The summed E-state index contributed by atoms with van der Waals surface area (Å²) >= 11 is 0. The summed E-state index contributed by atoms with van der Waals surface area (Å²) in [4.78, 5) is 28.9. The number of rotatable bonds is 5. The van der Waals surface area contributed by atoms with Crippen LogP contribution in [-0.2, 0) is 25.9 Å². The Kier molecular flexibility index (Phi) is 7.15. The van der Waals surface area contributed by atoms with Crippen LogP contribution in [0, 0.1) is 0 Å². The number of ether oxygens (including phenoxy) is 1. The Morgan fingerprint density at radius 1 is 1.10 bits per heavy atom. The molecule has 30 heavy (non-hydrogen) atoms. The lowest BCUT2D eigenvalue weighted by atomic mass is 10.1. The van der Waals surface area contributed by atoms with Crippen LogP contribution in [0.15, 0.2) is 24.3 Å². The first kappa shape index (κ1) is 22.7. The van der Waals surface area contributed by atoms with Crippen LogP contribution in [-0.4, -0.2) is 86.0 Å². The molecule has 1 N–H and O–H groups in total. The predicted molar refractivity (Wildman–Crippen MR) is 114 cm³/mol. The monoisotopic (exact) mass is 437 g/mol. The van der Waals surface area contributed by atoms with Gasteiger partial charge in [0.1, 0.15) is 6.04 Å². The van der Waals surface area contributed by atoms with Gasteiger partial charge in [0, 0.05) is 38.3 Å². The Balaban J connectivity index is 1.52. The summed E-state index contributed by atoms with van der Waals surface area (Å²) in [5.74, 6) is -0.630. The van der Waals surface area contributed by atoms with E-state index < -0.39 is 15.9 Å². The van der Waals surface area contributed by atoms with Crippen LogP contribution in [0.3, 0.4) is 0 Å². The number of nitrogens with one attached hydrogen (secondary N) is 1. The van der Waals surface area contributed by atoms with Crippen molar-refractivity contribution < 1.29 is 22.7 Å². The lowest BCUT2D eigenvalue weighted by Gasteiger charge is -2.35. The molecule has 2 saturated heterocycles. The van der Waals surface area contributed by atoms with Crippen molar-refractivity contribution in [3.05, 3.63) is 35.4 Å². The van der Waals surface area contributed by atoms with Gasteiger partial charge in [0.05, 0.1) is 23.7 Å². The molecule has 0 spiro atoms. The molecule has 3 atom stereocenters. The molecule has 3 rings (SSSR count). The second-order valence-electron chi connectivity index (χ2n) is 8.32. The van der Waals surface area contributed by atoms with Crippen LogP contribution in [0.1, 0.15) is 36.7 Å². The van der Waals surface area contributed by atoms with E-state index in [0.717, 1.165) is 25.2 Å². The first-order valence-electron chi connectivity index (χ1n) is 10.4. The third-order valence-corrected chi connectivity index (χ3v) is 7.10. The van der Waals surface area contributed by atoms with E-state index >= 15 is 0 Å². The molecule has 9 heteroatoms. The van der Waals surface area contributed by atoms with Crippen molar-refractivity contribution in [3.8, 4) is 0 Å². The van der Waals surface area contributed by atoms with Crippen molar-refractivity contribution in [2.24, 2.45) is 0 Å². The summed E-state index contributed by atoms with van der Waals surface area (Å²) in [7, 11) is -3.05. The first-order valence-corrected chi connectivity index (χ1v) is 12.2. The molecule has 0 saturated carbocycles. The Morgan fingerprint density at radius 2 is 1.67 bits per heavy atom. The molecule has 2 heterocycles. The Bertz CT molecular complexity index is 847. The number of carbonyl (C=O) groups is 2. The standard InChI is InChI=1S/C21H31N3O5S/c1-15-12-23(13-16(2)29-15)14-18-4-6-19(7-5-18)20(25)22-17(3)21(26)24-8-10-30(27,28)11-9-24/h4-7,15-17H,8-14H2,1-3H3,(H,22,25). The highest BCUT2D eigenvalue weighted by Crippen LogP contribution is 2.15. The van der Waals surface area contributed by atoms with Gasteiger partial charge in [0.2, 0.25) is 5.91 Å². The summed E-state index contributed by atoms with van der Waals surface area (Å²) < 4.78 is 28.8. The quantitative estimate of drug-likeness (QED) is 0.728. The highest BCUT2D eigenvalue weighted by molar-refractivity contribution is 7.91. The molecule has 1 aromatic rings. The maximum absolute atomic E-state index is 12.5. The minimum Gasteiger partial charge on any atom is -0.373 e. The summed E-state index contributed by atoms with van der Waals surface area (Å²) in [6, 6.07) is 6.68. The van der Waals surface area contributed by atoms with Crippen LogP contribution >= 0.6 is 0 Å². The first-order chi connectivity index (χ1) is 14.1. The van der Waals surface area contributed by atoms with E-state index in [1.807, 2.05) is 12.1 Å². The molecule has 0 aliphatic carbocycles. The van der Waals surface area contributed by atoms with Gasteiger partial charge in [-0.05, 0) is 38.5 Å². The molecule has 2 aliphatic rings. The fraction of sp³-hybridized carbons (Fsp3) is 0.619. The lowest BCUT2D eigenvalue weighted by Crippen LogP contribution is -2.51. The topological polar surface area (TPSA) is 96.0 Å². The third kappa shape index (κ3) is 6.02. The number of nitrogens with zero attached hydrogens (tertiary/aromatic N) is 2. The fourth-order valence-corrected chi connectivity index (χ4v) is 5.18. The van der Waals surface area contributed by atoms with E-state index in [0.29, 0.717) is 5.56 Å². The van der Waals surface area contributed by atoms with Crippen molar-refractivity contribution >= 4 is 21.7 Å². The Labute approximate surface area is 178 Å². The van der Waals surface area contributed by atoms with Gasteiger partial charge in [0.25, 0.3) is 5.91 Å². The maximum Gasteiger partial charge on any atom is 0.251 e. The van der Waals surface area contributed by atoms with Gasteiger partial charge in [-0.15, -0.1) is 0 Å². The van der Waals surface area contributed by atoms with Crippen LogP contribution in [0.2, 0.25) is 0 Å². The van der Waals surface area contributed by atoms with Crippen molar-refractivity contribution in [1.29, 1.82) is 0 Å².